The molecule has 0 saturated carbocycles. The number of anilines is 1. The van der Waals surface area contributed by atoms with Crippen LogP contribution in [0, 0.1) is 0 Å². The summed E-state index contributed by atoms with van der Waals surface area (Å²) in [6, 6.07) is 3.42. The van der Waals surface area contributed by atoms with Gasteiger partial charge in [0.25, 0.3) is 0 Å². The second-order valence-corrected chi connectivity index (χ2v) is 3.82. The zero-order valence-corrected chi connectivity index (χ0v) is 9.43. The fourth-order valence-corrected chi connectivity index (χ4v) is 1.77. The van der Waals surface area contributed by atoms with Crippen molar-refractivity contribution in [3.05, 3.63) is 28.4 Å². The summed E-state index contributed by atoms with van der Waals surface area (Å²) in [6.07, 6.45) is 1.51. The molecule has 0 radical (unpaired) electrons. The summed E-state index contributed by atoms with van der Waals surface area (Å²) in [7, 11) is 1.55. The van der Waals surface area contributed by atoms with E-state index in [-0.39, 0.29) is 0 Å². The molecule has 2 N–H and O–H groups in total. The van der Waals surface area contributed by atoms with Gasteiger partial charge in [-0.15, -0.1) is 0 Å². The second-order valence-electron chi connectivity index (χ2n) is 3.03. The predicted molar refractivity (Wildman–Crippen MR) is 62.7 cm³/mol. The minimum atomic E-state index is 0.436. The van der Waals surface area contributed by atoms with Crippen LogP contribution in [0.3, 0.4) is 0 Å². The monoisotopic (exact) mass is 242 g/mol. The number of fused-ring (bicyclic) bond motifs is 1. The number of hydrogen-bond donors (Lipinski definition) is 1. The Morgan fingerprint density at radius 3 is 2.73 bits per heavy atom. The van der Waals surface area contributed by atoms with Gasteiger partial charge in [-0.1, -0.05) is 23.2 Å². The normalized spacial score (nSPS) is 10.6. The van der Waals surface area contributed by atoms with Crippen LogP contribution in [0.5, 0.6) is 5.75 Å². The van der Waals surface area contributed by atoms with Crippen LogP contribution in [-0.2, 0) is 0 Å². The molecule has 0 aliphatic rings. The number of nitrogens with two attached hydrogens (primary N) is 1. The number of rotatable bonds is 1. The van der Waals surface area contributed by atoms with Gasteiger partial charge in [-0.2, -0.15) is 0 Å². The molecule has 1 aromatic carbocycles. The van der Waals surface area contributed by atoms with E-state index in [2.05, 4.69) is 4.98 Å². The Hall–Kier alpha value is -1.19. The van der Waals surface area contributed by atoms with E-state index in [1.54, 1.807) is 19.2 Å². The molecule has 0 amide bonds. The van der Waals surface area contributed by atoms with Crippen molar-refractivity contribution in [2.24, 2.45) is 0 Å². The lowest BCUT2D eigenvalue weighted by molar-refractivity contribution is 0.415. The lowest BCUT2D eigenvalue weighted by Crippen LogP contribution is -1.91. The number of nitrogens with zero attached hydrogens (tertiary/aromatic N) is 1. The van der Waals surface area contributed by atoms with Gasteiger partial charge in [0.05, 0.1) is 34.6 Å². The van der Waals surface area contributed by atoms with Gasteiger partial charge in [0, 0.05) is 11.5 Å². The fourth-order valence-electron chi connectivity index (χ4n) is 1.33. The summed E-state index contributed by atoms with van der Waals surface area (Å²) in [4.78, 5) is 4.14. The van der Waals surface area contributed by atoms with Gasteiger partial charge in [-0.25, -0.2) is 0 Å². The van der Waals surface area contributed by atoms with Gasteiger partial charge in [-0.05, 0) is 6.07 Å². The molecular formula is C10H8Cl2N2O. The zero-order valence-electron chi connectivity index (χ0n) is 7.92. The predicted octanol–water partition coefficient (Wildman–Crippen LogP) is 3.13. The van der Waals surface area contributed by atoms with E-state index in [1.807, 2.05) is 0 Å². The van der Waals surface area contributed by atoms with Crippen molar-refractivity contribution < 1.29 is 4.74 Å². The number of methoxy groups -OCH3 is 1. The van der Waals surface area contributed by atoms with Crippen LogP contribution in [0.4, 0.5) is 5.69 Å². The summed E-state index contributed by atoms with van der Waals surface area (Å²) < 4.78 is 5.08. The average molecular weight is 243 g/mol. The lowest BCUT2D eigenvalue weighted by Gasteiger charge is -2.07. The molecular weight excluding hydrogens is 235 g/mol. The first-order valence-corrected chi connectivity index (χ1v) is 4.96. The quantitative estimate of drug-likeness (QED) is 0.836. The summed E-state index contributed by atoms with van der Waals surface area (Å²) >= 11 is 12.0. The summed E-state index contributed by atoms with van der Waals surface area (Å²) in [6.45, 7) is 0. The number of halogens is 2. The number of pyridine rings is 1. The third-order valence-corrected chi connectivity index (χ3v) is 2.82. The van der Waals surface area contributed by atoms with Crippen LogP contribution in [0.15, 0.2) is 18.3 Å². The van der Waals surface area contributed by atoms with Crippen molar-refractivity contribution in [2.75, 3.05) is 12.8 Å². The molecule has 1 heterocycles. The van der Waals surface area contributed by atoms with E-state index < -0.39 is 0 Å². The lowest BCUT2D eigenvalue weighted by atomic mass is 10.2. The Morgan fingerprint density at radius 1 is 1.33 bits per heavy atom. The van der Waals surface area contributed by atoms with Crippen molar-refractivity contribution in [1.29, 1.82) is 0 Å². The Bertz CT molecular complexity index is 528. The Morgan fingerprint density at radius 2 is 2.07 bits per heavy atom. The van der Waals surface area contributed by atoms with Crippen molar-refractivity contribution in [3.8, 4) is 5.75 Å². The van der Waals surface area contributed by atoms with Crippen molar-refractivity contribution in [1.82, 2.24) is 4.98 Å². The molecule has 78 valence electrons. The smallest absolute Gasteiger partial charge is 0.139 e. The van der Waals surface area contributed by atoms with Gasteiger partial charge < -0.3 is 10.5 Å². The maximum Gasteiger partial charge on any atom is 0.139 e. The molecule has 3 nitrogen and oxygen atoms in total. The molecule has 0 aliphatic carbocycles. The summed E-state index contributed by atoms with van der Waals surface area (Å²) in [5, 5.41) is 1.67. The van der Waals surface area contributed by atoms with Crippen LogP contribution in [0.1, 0.15) is 0 Å². The van der Waals surface area contributed by atoms with Crippen LogP contribution in [-0.4, -0.2) is 12.1 Å². The molecule has 0 atom stereocenters. The molecule has 15 heavy (non-hydrogen) atoms. The Labute approximate surface area is 96.8 Å². The molecule has 2 rings (SSSR count). The molecule has 0 unspecified atom stereocenters. The highest BCUT2D eigenvalue weighted by Gasteiger charge is 2.08. The third-order valence-electron chi connectivity index (χ3n) is 2.10. The molecule has 2 aromatic rings. The highest BCUT2D eigenvalue weighted by molar-refractivity contribution is 6.39. The van der Waals surface area contributed by atoms with Crippen LogP contribution >= 0.6 is 23.2 Å². The Kier molecular flexibility index (Phi) is 2.59. The van der Waals surface area contributed by atoms with Gasteiger partial charge in [-0.3, -0.25) is 4.98 Å². The molecule has 0 saturated heterocycles. The maximum absolute atomic E-state index is 6.03. The van der Waals surface area contributed by atoms with E-state index >= 15 is 0 Å². The van der Waals surface area contributed by atoms with Gasteiger partial charge in [0.15, 0.2) is 0 Å². The number of ether oxygens (including phenoxy) is 1. The molecule has 0 aliphatic heterocycles. The molecule has 0 bridgehead atoms. The van der Waals surface area contributed by atoms with Gasteiger partial charge >= 0.3 is 0 Å². The third kappa shape index (κ3) is 1.68. The topological polar surface area (TPSA) is 48.1 Å². The van der Waals surface area contributed by atoms with E-state index in [4.69, 9.17) is 33.7 Å². The zero-order chi connectivity index (χ0) is 11.0. The summed E-state index contributed by atoms with van der Waals surface area (Å²) in [5.41, 5.74) is 6.78. The largest absolute Gasteiger partial charge is 0.495 e. The number of hydrogen-bond acceptors (Lipinski definition) is 3. The molecule has 0 fully saturated rings. The van der Waals surface area contributed by atoms with Crippen molar-refractivity contribution in [3.63, 3.8) is 0 Å². The van der Waals surface area contributed by atoms with Gasteiger partial charge in [0.1, 0.15) is 5.75 Å². The SMILES string of the molecule is COc1cc2ncc(N)c(Cl)c2cc1Cl. The van der Waals surface area contributed by atoms with Crippen LogP contribution in [0.25, 0.3) is 10.9 Å². The first-order chi connectivity index (χ1) is 7.13. The highest BCUT2D eigenvalue weighted by Crippen LogP contribution is 2.34. The van der Waals surface area contributed by atoms with E-state index in [0.29, 0.717) is 27.0 Å². The van der Waals surface area contributed by atoms with E-state index in [0.717, 1.165) is 5.39 Å². The first-order valence-electron chi connectivity index (χ1n) is 4.20. The molecule has 1 aromatic heterocycles. The number of benzene rings is 1. The van der Waals surface area contributed by atoms with Crippen LogP contribution < -0.4 is 10.5 Å². The fraction of sp³-hybridized carbons (Fsp3) is 0.100. The molecule has 5 heteroatoms. The second kappa shape index (κ2) is 3.76. The maximum atomic E-state index is 6.03. The highest BCUT2D eigenvalue weighted by atomic mass is 35.5. The number of aromatic nitrogens is 1. The molecule has 0 spiro atoms. The summed E-state index contributed by atoms with van der Waals surface area (Å²) in [5.74, 6) is 0.567. The van der Waals surface area contributed by atoms with E-state index in [1.165, 1.54) is 6.20 Å². The number of nitrogen functional groups attached to an aromatic ring is 1. The minimum absolute atomic E-state index is 0.436. The van der Waals surface area contributed by atoms with Crippen molar-refractivity contribution >= 4 is 39.8 Å². The Balaban J connectivity index is 2.81. The standard InChI is InChI=1S/C10H8Cl2N2O/c1-15-9-3-8-5(2-6(9)11)10(12)7(13)4-14-8/h2-4H,13H2,1H3. The van der Waals surface area contributed by atoms with Crippen molar-refractivity contribution in [2.45, 2.75) is 0 Å². The average Bonchev–Trinajstić information content (AvgIpc) is 2.24. The minimum Gasteiger partial charge on any atom is -0.495 e. The first kappa shape index (κ1) is 10.3. The van der Waals surface area contributed by atoms with E-state index in [9.17, 15) is 0 Å². The van der Waals surface area contributed by atoms with Gasteiger partial charge in [0.2, 0.25) is 0 Å². The van der Waals surface area contributed by atoms with Crippen LogP contribution in [0.2, 0.25) is 10.0 Å².